The van der Waals surface area contributed by atoms with Crippen LogP contribution in [0.5, 0.6) is 0 Å². The lowest BCUT2D eigenvalue weighted by Crippen LogP contribution is -2.31. The van der Waals surface area contributed by atoms with Gasteiger partial charge in [-0.25, -0.2) is 0 Å². The van der Waals surface area contributed by atoms with Gasteiger partial charge in [0.25, 0.3) is 0 Å². The van der Waals surface area contributed by atoms with Crippen LogP contribution in [0.15, 0.2) is 0 Å². The number of carbonyl (C=O) groups excluding carboxylic acids is 1. The van der Waals surface area contributed by atoms with E-state index in [0.717, 1.165) is 6.42 Å². The Morgan fingerprint density at radius 2 is 2.06 bits per heavy atom. The zero-order valence-corrected chi connectivity index (χ0v) is 11.5. The monoisotopic (exact) mass is 259 g/mol. The molecule has 1 amide bonds. The number of carboxylic acids is 1. The van der Waals surface area contributed by atoms with E-state index in [2.05, 4.69) is 20.8 Å². The summed E-state index contributed by atoms with van der Waals surface area (Å²) in [5.41, 5.74) is 0. The summed E-state index contributed by atoms with van der Waals surface area (Å²) < 4.78 is 0.0931. The number of thioether (sulfide) groups is 1. The van der Waals surface area contributed by atoms with Gasteiger partial charge in [-0.15, -0.1) is 11.8 Å². The van der Waals surface area contributed by atoms with Gasteiger partial charge in [-0.1, -0.05) is 20.8 Å². The first-order chi connectivity index (χ1) is 7.78. The van der Waals surface area contributed by atoms with Crippen molar-refractivity contribution >= 4 is 23.6 Å². The molecule has 0 aromatic carbocycles. The maximum absolute atomic E-state index is 11.9. The van der Waals surface area contributed by atoms with E-state index < -0.39 is 5.97 Å². The molecular formula is C12H21NO3S. The Hall–Kier alpha value is -0.710. The van der Waals surface area contributed by atoms with Crippen LogP contribution >= 0.6 is 11.8 Å². The molecule has 5 heteroatoms. The van der Waals surface area contributed by atoms with Gasteiger partial charge in [-0.3, -0.25) is 9.59 Å². The highest BCUT2D eigenvalue weighted by atomic mass is 32.2. The fourth-order valence-corrected chi connectivity index (χ4v) is 2.58. The van der Waals surface area contributed by atoms with Gasteiger partial charge in [-0.2, -0.15) is 0 Å². The van der Waals surface area contributed by atoms with Gasteiger partial charge in [0, 0.05) is 24.3 Å². The molecule has 0 radical (unpaired) electrons. The van der Waals surface area contributed by atoms with Crippen LogP contribution in [-0.4, -0.2) is 45.5 Å². The fourth-order valence-electron chi connectivity index (χ4n) is 1.84. The molecule has 0 spiro atoms. The summed E-state index contributed by atoms with van der Waals surface area (Å²) >= 11 is 1.64. The van der Waals surface area contributed by atoms with Crippen LogP contribution in [0.3, 0.4) is 0 Å². The molecule has 1 aliphatic rings. The van der Waals surface area contributed by atoms with Crippen molar-refractivity contribution in [2.75, 3.05) is 18.8 Å². The predicted octanol–water partition coefficient (Wildman–Crippen LogP) is 1.84. The van der Waals surface area contributed by atoms with Crippen LogP contribution in [0, 0.1) is 5.92 Å². The van der Waals surface area contributed by atoms with Crippen LogP contribution in [0.25, 0.3) is 0 Å². The van der Waals surface area contributed by atoms with Gasteiger partial charge in [0.05, 0.1) is 5.75 Å². The molecule has 0 aromatic heterocycles. The predicted molar refractivity (Wildman–Crippen MR) is 69.2 cm³/mol. The third kappa shape index (κ3) is 5.44. The molecule has 1 unspecified atom stereocenters. The van der Waals surface area contributed by atoms with E-state index in [4.69, 9.17) is 5.11 Å². The van der Waals surface area contributed by atoms with Crippen molar-refractivity contribution in [3.05, 3.63) is 0 Å². The van der Waals surface area contributed by atoms with Gasteiger partial charge in [0.2, 0.25) is 5.91 Å². The van der Waals surface area contributed by atoms with Crippen LogP contribution in [0.1, 0.15) is 33.6 Å². The molecule has 0 bridgehead atoms. The smallest absolute Gasteiger partial charge is 0.303 e. The molecule has 0 aliphatic carbocycles. The third-order valence-electron chi connectivity index (χ3n) is 2.73. The van der Waals surface area contributed by atoms with Gasteiger partial charge < -0.3 is 10.0 Å². The molecule has 1 N–H and O–H groups in total. The lowest BCUT2D eigenvalue weighted by Gasteiger charge is -2.21. The van der Waals surface area contributed by atoms with Crippen molar-refractivity contribution in [1.29, 1.82) is 0 Å². The molecule has 0 aromatic rings. The molecule has 1 atom stereocenters. The SMILES string of the molecule is CC(C)(C)SCC(=O)N1CCC(CC(=O)O)C1. The summed E-state index contributed by atoms with van der Waals surface area (Å²) in [7, 11) is 0. The Bertz CT molecular complexity index is 299. The highest BCUT2D eigenvalue weighted by molar-refractivity contribution is 8.01. The lowest BCUT2D eigenvalue weighted by molar-refractivity contribution is -0.138. The molecule has 1 saturated heterocycles. The minimum Gasteiger partial charge on any atom is -0.481 e. The third-order valence-corrected chi connectivity index (χ3v) is 3.99. The molecule has 0 saturated carbocycles. The summed E-state index contributed by atoms with van der Waals surface area (Å²) in [6.07, 6.45) is 0.994. The normalized spacial score (nSPS) is 20.6. The number of rotatable bonds is 4. The zero-order chi connectivity index (χ0) is 13.1. The number of amides is 1. The van der Waals surface area contributed by atoms with E-state index in [1.54, 1.807) is 16.7 Å². The Morgan fingerprint density at radius 3 is 2.59 bits per heavy atom. The standard InChI is InChI=1S/C12H21NO3S/c1-12(2,3)17-8-10(14)13-5-4-9(7-13)6-11(15)16/h9H,4-8H2,1-3H3,(H,15,16). The van der Waals surface area contributed by atoms with Crippen LogP contribution in [0.4, 0.5) is 0 Å². The Balaban J connectivity index is 2.33. The topological polar surface area (TPSA) is 57.6 Å². The lowest BCUT2D eigenvalue weighted by atomic mass is 10.1. The highest BCUT2D eigenvalue weighted by Gasteiger charge is 2.28. The van der Waals surface area contributed by atoms with Gasteiger partial charge in [0.15, 0.2) is 0 Å². The molecular weight excluding hydrogens is 238 g/mol. The largest absolute Gasteiger partial charge is 0.481 e. The second-order valence-electron chi connectivity index (χ2n) is 5.49. The van der Waals surface area contributed by atoms with E-state index in [9.17, 15) is 9.59 Å². The van der Waals surface area contributed by atoms with Crippen molar-refractivity contribution < 1.29 is 14.7 Å². The summed E-state index contributed by atoms with van der Waals surface area (Å²) in [6.45, 7) is 7.57. The number of carbonyl (C=O) groups is 2. The van der Waals surface area contributed by atoms with E-state index in [-0.39, 0.29) is 23.0 Å². The molecule has 1 aliphatic heterocycles. The number of hydrogen-bond acceptors (Lipinski definition) is 3. The number of aliphatic carboxylic acids is 1. The molecule has 98 valence electrons. The number of nitrogens with zero attached hydrogens (tertiary/aromatic N) is 1. The second kappa shape index (κ2) is 5.76. The summed E-state index contributed by atoms with van der Waals surface area (Å²) in [5, 5.41) is 8.70. The Labute approximate surface area is 107 Å². The van der Waals surface area contributed by atoms with E-state index >= 15 is 0 Å². The minimum absolute atomic E-state index is 0.0931. The Kier molecular flexibility index (Phi) is 4.86. The van der Waals surface area contributed by atoms with Gasteiger partial charge in [-0.05, 0) is 12.3 Å². The average Bonchev–Trinajstić information content (AvgIpc) is 2.60. The molecule has 4 nitrogen and oxygen atoms in total. The molecule has 1 rings (SSSR count). The van der Waals surface area contributed by atoms with Crippen LogP contribution in [-0.2, 0) is 9.59 Å². The van der Waals surface area contributed by atoms with Crippen LogP contribution < -0.4 is 0 Å². The van der Waals surface area contributed by atoms with Crippen molar-refractivity contribution in [2.24, 2.45) is 5.92 Å². The summed E-state index contributed by atoms with van der Waals surface area (Å²) in [4.78, 5) is 24.3. The maximum atomic E-state index is 11.9. The quantitative estimate of drug-likeness (QED) is 0.837. The van der Waals surface area contributed by atoms with Gasteiger partial charge >= 0.3 is 5.97 Å². The van der Waals surface area contributed by atoms with Gasteiger partial charge in [0.1, 0.15) is 0 Å². The first-order valence-corrected chi connectivity index (χ1v) is 6.90. The highest BCUT2D eigenvalue weighted by Crippen LogP contribution is 2.25. The first-order valence-electron chi connectivity index (χ1n) is 5.91. The summed E-state index contributed by atoms with van der Waals surface area (Å²) in [5.74, 6) is -0.00853. The van der Waals surface area contributed by atoms with Crippen molar-refractivity contribution in [2.45, 2.75) is 38.4 Å². The molecule has 1 fully saturated rings. The second-order valence-corrected chi connectivity index (χ2v) is 7.30. The maximum Gasteiger partial charge on any atom is 0.303 e. The van der Waals surface area contributed by atoms with E-state index in [1.165, 1.54) is 0 Å². The van der Waals surface area contributed by atoms with Crippen molar-refractivity contribution in [1.82, 2.24) is 4.90 Å². The van der Waals surface area contributed by atoms with E-state index in [1.807, 2.05) is 0 Å². The number of likely N-dealkylation sites (tertiary alicyclic amines) is 1. The minimum atomic E-state index is -0.770. The van der Waals surface area contributed by atoms with E-state index in [0.29, 0.717) is 18.8 Å². The first kappa shape index (κ1) is 14.4. The fraction of sp³-hybridized carbons (Fsp3) is 0.833. The average molecular weight is 259 g/mol. The Morgan fingerprint density at radius 1 is 1.41 bits per heavy atom. The number of hydrogen-bond donors (Lipinski definition) is 1. The summed E-state index contributed by atoms with van der Waals surface area (Å²) in [6, 6.07) is 0. The zero-order valence-electron chi connectivity index (χ0n) is 10.7. The molecule has 17 heavy (non-hydrogen) atoms. The van der Waals surface area contributed by atoms with Crippen molar-refractivity contribution in [3.63, 3.8) is 0 Å². The molecule has 1 heterocycles. The van der Waals surface area contributed by atoms with Crippen molar-refractivity contribution in [3.8, 4) is 0 Å². The number of carboxylic acid groups (broad SMARTS) is 1. The van der Waals surface area contributed by atoms with Crippen LogP contribution in [0.2, 0.25) is 0 Å².